The zero-order valence-corrected chi connectivity index (χ0v) is 11.5. The Morgan fingerprint density at radius 2 is 2.17 bits per heavy atom. The van der Waals surface area contributed by atoms with E-state index in [1.807, 2.05) is 0 Å². The fourth-order valence-corrected chi connectivity index (χ4v) is 3.08. The average Bonchev–Trinajstić information content (AvgIpc) is 2.77. The number of nitrogens with one attached hydrogen (secondary N) is 1. The lowest BCUT2D eigenvalue weighted by atomic mass is 10.2. The van der Waals surface area contributed by atoms with Crippen LogP contribution in [0.15, 0.2) is 17.0 Å². The molecule has 1 aromatic carbocycles. The maximum atomic E-state index is 12.0. The molecule has 2 rings (SSSR count). The molecule has 0 unspecified atom stereocenters. The molecule has 0 spiro atoms. The highest BCUT2D eigenvalue weighted by atomic mass is 35.5. The van der Waals surface area contributed by atoms with Crippen molar-refractivity contribution in [2.24, 2.45) is 0 Å². The summed E-state index contributed by atoms with van der Waals surface area (Å²) in [4.78, 5) is 0.0112. The van der Waals surface area contributed by atoms with Gasteiger partial charge in [-0.05, 0) is 29.8 Å². The third-order valence-electron chi connectivity index (χ3n) is 2.09. The molecule has 7 nitrogen and oxygen atoms in total. The third kappa shape index (κ3) is 2.52. The molecule has 0 amide bonds. The summed E-state index contributed by atoms with van der Waals surface area (Å²) in [6.07, 6.45) is 0. The van der Waals surface area contributed by atoms with E-state index in [9.17, 15) is 8.42 Å². The van der Waals surface area contributed by atoms with Gasteiger partial charge in [0.2, 0.25) is 5.13 Å². The first-order valence-electron chi connectivity index (χ1n) is 4.63. The lowest BCUT2D eigenvalue weighted by molar-refractivity contribution is 0.601. The summed E-state index contributed by atoms with van der Waals surface area (Å²) in [5.74, 6) is 0. The Morgan fingerprint density at radius 1 is 1.44 bits per heavy atom. The van der Waals surface area contributed by atoms with E-state index in [-0.39, 0.29) is 15.7 Å². The summed E-state index contributed by atoms with van der Waals surface area (Å²) in [5, 5.41) is 7.22. The summed E-state index contributed by atoms with van der Waals surface area (Å²) in [7, 11) is -3.77. The molecule has 2 aromatic rings. The normalized spacial score (nSPS) is 11.4. The second kappa shape index (κ2) is 4.67. The molecule has 0 aliphatic rings. The Kier molecular flexibility index (Phi) is 3.37. The lowest BCUT2D eigenvalue weighted by Gasteiger charge is -2.08. The van der Waals surface area contributed by atoms with Gasteiger partial charge in [0.25, 0.3) is 10.0 Å². The van der Waals surface area contributed by atoms with Crippen LogP contribution in [0.5, 0.6) is 0 Å². The standard InChI is InChI=1S/C8H8ClN5O2S2/c1-4-2-5(3-6(10)7(4)9)18(15,16)12-8-11-13-14-17-8/h2-3H,10H2,1H3,(H,11,12,14). The van der Waals surface area contributed by atoms with Gasteiger partial charge in [-0.2, -0.15) is 0 Å². The fraction of sp³-hybridized carbons (Fsp3) is 0.125. The Hall–Kier alpha value is -1.45. The molecule has 0 saturated carbocycles. The molecule has 0 radical (unpaired) electrons. The van der Waals surface area contributed by atoms with Gasteiger partial charge in [-0.15, -0.1) is 0 Å². The molecule has 0 fully saturated rings. The minimum absolute atomic E-state index is 0.0112. The van der Waals surface area contributed by atoms with Crippen molar-refractivity contribution in [3.05, 3.63) is 22.7 Å². The van der Waals surface area contributed by atoms with Crippen LogP contribution in [0.25, 0.3) is 0 Å². The van der Waals surface area contributed by atoms with Crippen molar-refractivity contribution in [3.8, 4) is 0 Å². The van der Waals surface area contributed by atoms with E-state index in [1.165, 1.54) is 12.1 Å². The number of sulfonamides is 1. The molecule has 18 heavy (non-hydrogen) atoms. The van der Waals surface area contributed by atoms with Gasteiger partial charge in [0.1, 0.15) is 0 Å². The quantitative estimate of drug-likeness (QED) is 0.826. The molecular formula is C8H8ClN5O2S2. The summed E-state index contributed by atoms with van der Waals surface area (Å²) in [6, 6.07) is 2.71. The Morgan fingerprint density at radius 3 is 2.72 bits per heavy atom. The van der Waals surface area contributed by atoms with E-state index in [1.54, 1.807) is 6.92 Å². The van der Waals surface area contributed by atoms with Crippen molar-refractivity contribution in [2.75, 3.05) is 10.5 Å². The number of rotatable bonds is 3. The molecule has 0 atom stereocenters. The number of halogens is 1. The van der Waals surface area contributed by atoms with Crippen LogP contribution in [0.1, 0.15) is 5.56 Å². The summed E-state index contributed by atoms with van der Waals surface area (Å²) < 4.78 is 29.7. The first kappa shape index (κ1) is 13.0. The van der Waals surface area contributed by atoms with Crippen LogP contribution in [0, 0.1) is 6.92 Å². The van der Waals surface area contributed by atoms with Crippen molar-refractivity contribution in [3.63, 3.8) is 0 Å². The predicted molar refractivity (Wildman–Crippen MR) is 69.1 cm³/mol. The van der Waals surface area contributed by atoms with Gasteiger partial charge in [0.15, 0.2) is 0 Å². The molecule has 0 bridgehead atoms. The highest BCUT2D eigenvalue weighted by Crippen LogP contribution is 2.27. The number of hydrogen-bond donors (Lipinski definition) is 2. The maximum absolute atomic E-state index is 12.0. The number of aryl methyl sites for hydroxylation is 1. The zero-order chi connectivity index (χ0) is 13.3. The van der Waals surface area contributed by atoms with E-state index in [2.05, 4.69) is 19.5 Å². The van der Waals surface area contributed by atoms with E-state index in [0.717, 1.165) is 11.5 Å². The summed E-state index contributed by atoms with van der Waals surface area (Å²) in [5.41, 5.74) is 6.41. The molecule has 10 heteroatoms. The Labute approximate surface area is 112 Å². The molecule has 0 aliphatic heterocycles. The number of aromatic nitrogens is 3. The van der Waals surface area contributed by atoms with Crippen molar-refractivity contribution in [1.29, 1.82) is 0 Å². The molecule has 0 saturated heterocycles. The van der Waals surface area contributed by atoms with Crippen LogP contribution in [-0.2, 0) is 10.0 Å². The number of nitrogen functional groups attached to an aromatic ring is 1. The lowest BCUT2D eigenvalue weighted by Crippen LogP contribution is -2.13. The van der Waals surface area contributed by atoms with Gasteiger partial charge in [-0.1, -0.05) is 21.2 Å². The van der Waals surface area contributed by atoms with E-state index >= 15 is 0 Å². The molecular weight excluding hydrogens is 298 g/mol. The van der Waals surface area contributed by atoms with Crippen molar-refractivity contribution in [2.45, 2.75) is 11.8 Å². The van der Waals surface area contributed by atoms with Gasteiger partial charge in [0.05, 0.1) is 15.6 Å². The number of nitrogens with zero attached hydrogens (tertiary/aromatic N) is 3. The van der Waals surface area contributed by atoms with Gasteiger partial charge in [0, 0.05) is 11.5 Å². The second-order valence-electron chi connectivity index (χ2n) is 3.42. The van der Waals surface area contributed by atoms with Crippen LogP contribution in [0.3, 0.4) is 0 Å². The largest absolute Gasteiger partial charge is 0.397 e. The first-order valence-corrected chi connectivity index (χ1v) is 7.27. The summed E-state index contributed by atoms with van der Waals surface area (Å²) >= 11 is 6.71. The van der Waals surface area contributed by atoms with Crippen LogP contribution in [0.2, 0.25) is 5.02 Å². The second-order valence-corrected chi connectivity index (χ2v) is 6.21. The van der Waals surface area contributed by atoms with Crippen LogP contribution in [0.4, 0.5) is 10.8 Å². The highest BCUT2D eigenvalue weighted by Gasteiger charge is 2.18. The molecule has 1 aromatic heterocycles. The van der Waals surface area contributed by atoms with E-state index in [0.29, 0.717) is 10.6 Å². The molecule has 0 aliphatic carbocycles. The van der Waals surface area contributed by atoms with Crippen molar-refractivity contribution in [1.82, 2.24) is 14.8 Å². The monoisotopic (exact) mass is 305 g/mol. The summed E-state index contributed by atoms with van der Waals surface area (Å²) in [6.45, 7) is 1.67. The van der Waals surface area contributed by atoms with Crippen molar-refractivity contribution < 1.29 is 8.42 Å². The minimum atomic E-state index is -3.77. The number of benzene rings is 1. The highest BCUT2D eigenvalue weighted by molar-refractivity contribution is 7.93. The third-order valence-corrected chi connectivity index (χ3v) is 4.56. The smallest absolute Gasteiger partial charge is 0.263 e. The minimum Gasteiger partial charge on any atom is -0.397 e. The first-order chi connectivity index (χ1) is 8.40. The molecule has 3 N–H and O–H groups in total. The predicted octanol–water partition coefficient (Wildman–Crippen LogP) is 1.28. The maximum Gasteiger partial charge on any atom is 0.263 e. The number of hydrogen-bond acceptors (Lipinski definition) is 7. The van der Waals surface area contributed by atoms with E-state index in [4.69, 9.17) is 17.3 Å². The topological polar surface area (TPSA) is 111 Å². The SMILES string of the molecule is Cc1cc(S(=O)(=O)Nc2nnns2)cc(N)c1Cl. The van der Waals surface area contributed by atoms with E-state index < -0.39 is 10.0 Å². The Bertz CT molecular complexity index is 648. The van der Waals surface area contributed by atoms with Gasteiger partial charge >= 0.3 is 0 Å². The fourth-order valence-electron chi connectivity index (χ4n) is 1.26. The molecule has 96 valence electrons. The average molecular weight is 306 g/mol. The Balaban J connectivity index is 2.42. The number of nitrogens with two attached hydrogens (primary N) is 1. The van der Waals surface area contributed by atoms with Crippen molar-refractivity contribution >= 4 is 44.0 Å². The van der Waals surface area contributed by atoms with Gasteiger partial charge < -0.3 is 5.73 Å². The number of anilines is 2. The van der Waals surface area contributed by atoms with Gasteiger partial charge in [-0.3, -0.25) is 4.72 Å². The van der Waals surface area contributed by atoms with Gasteiger partial charge in [-0.25, -0.2) is 8.42 Å². The van der Waals surface area contributed by atoms with Crippen LogP contribution < -0.4 is 10.5 Å². The molecule has 1 heterocycles. The van der Waals surface area contributed by atoms with Crippen LogP contribution >= 0.6 is 23.1 Å². The zero-order valence-electron chi connectivity index (χ0n) is 9.08. The van der Waals surface area contributed by atoms with Crippen LogP contribution in [-0.4, -0.2) is 23.2 Å².